The molecule has 1 heterocycles. The Kier molecular flexibility index (Phi) is 4.67. The zero-order valence-corrected chi connectivity index (χ0v) is 12.5. The van der Waals surface area contributed by atoms with E-state index in [1.165, 1.54) is 30.5 Å². The number of aliphatic hydroxyl groups excluding tert-OH is 1. The molecular weight excluding hydrogens is 315 g/mol. The minimum atomic E-state index is -1.42. The Labute approximate surface area is 130 Å². The number of halogens is 2. The molecule has 5 nitrogen and oxygen atoms in total. The van der Waals surface area contributed by atoms with Gasteiger partial charge in [0.15, 0.2) is 6.10 Å². The minimum absolute atomic E-state index is 0.241. The van der Waals surface area contributed by atoms with Gasteiger partial charge in [-0.3, -0.25) is 9.59 Å². The van der Waals surface area contributed by atoms with E-state index in [0.29, 0.717) is 21.3 Å². The second-order valence-electron chi connectivity index (χ2n) is 4.50. The third-order valence-electron chi connectivity index (χ3n) is 2.81. The van der Waals surface area contributed by atoms with Gasteiger partial charge in [-0.2, -0.15) is 0 Å². The number of H-pyrrole nitrogens is 1. The first-order valence-electron chi connectivity index (χ1n) is 6.01. The highest BCUT2D eigenvalue weighted by Crippen LogP contribution is 2.24. The summed E-state index contributed by atoms with van der Waals surface area (Å²) in [5.74, 6) is -0.653. The third kappa shape index (κ3) is 3.85. The fraction of sp³-hybridized carbons (Fsp3) is 0.143. The predicted octanol–water partition coefficient (Wildman–Crippen LogP) is 2.66. The fourth-order valence-electron chi connectivity index (χ4n) is 1.76. The van der Waals surface area contributed by atoms with E-state index in [4.69, 9.17) is 23.2 Å². The molecule has 0 bridgehead atoms. The molecule has 1 atom stereocenters. The van der Waals surface area contributed by atoms with Crippen LogP contribution < -0.4 is 10.9 Å². The Bertz CT molecular complexity index is 723. The van der Waals surface area contributed by atoms with Crippen LogP contribution >= 0.6 is 23.2 Å². The number of benzene rings is 1. The maximum atomic E-state index is 12.0. The van der Waals surface area contributed by atoms with Crippen LogP contribution in [-0.4, -0.2) is 16.0 Å². The summed E-state index contributed by atoms with van der Waals surface area (Å²) in [6, 6.07) is 5.92. The highest BCUT2D eigenvalue weighted by molar-refractivity contribution is 6.34. The highest BCUT2D eigenvalue weighted by Gasteiger charge is 2.18. The molecule has 0 aliphatic heterocycles. The number of carbonyl (C=O) groups excluding carboxylic acids is 1. The molecule has 0 saturated heterocycles. The first-order chi connectivity index (χ1) is 9.86. The van der Waals surface area contributed by atoms with Gasteiger partial charge in [0.05, 0.1) is 5.69 Å². The van der Waals surface area contributed by atoms with Crippen molar-refractivity contribution in [2.24, 2.45) is 0 Å². The molecule has 0 saturated carbocycles. The minimum Gasteiger partial charge on any atom is -0.378 e. The van der Waals surface area contributed by atoms with Crippen molar-refractivity contribution in [2.45, 2.75) is 13.0 Å². The molecule has 0 aliphatic rings. The zero-order valence-electron chi connectivity index (χ0n) is 11.0. The van der Waals surface area contributed by atoms with Gasteiger partial charge in [0.1, 0.15) is 0 Å². The molecule has 0 spiro atoms. The van der Waals surface area contributed by atoms with Crippen LogP contribution in [0.5, 0.6) is 0 Å². The van der Waals surface area contributed by atoms with Crippen LogP contribution in [0.3, 0.4) is 0 Å². The van der Waals surface area contributed by atoms with E-state index in [-0.39, 0.29) is 11.1 Å². The largest absolute Gasteiger partial charge is 0.378 e. The Balaban J connectivity index is 2.19. The van der Waals surface area contributed by atoms with E-state index in [2.05, 4.69) is 10.3 Å². The fourth-order valence-corrected chi connectivity index (χ4v) is 2.31. The first-order valence-corrected chi connectivity index (χ1v) is 6.76. The Morgan fingerprint density at radius 2 is 1.86 bits per heavy atom. The number of amides is 1. The van der Waals surface area contributed by atoms with Crippen LogP contribution in [0.1, 0.15) is 17.2 Å². The average molecular weight is 327 g/mol. The van der Waals surface area contributed by atoms with Gasteiger partial charge in [-0.1, -0.05) is 23.2 Å². The lowest BCUT2D eigenvalue weighted by Crippen LogP contribution is -2.22. The second-order valence-corrected chi connectivity index (χ2v) is 5.37. The highest BCUT2D eigenvalue weighted by atomic mass is 35.5. The molecule has 0 unspecified atom stereocenters. The summed E-state index contributed by atoms with van der Waals surface area (Å²) in [5, 5.41) is 13.2. The van der Waals surface area contributed by atoms with Gasteiger partial charge in [-0.25, -0.2) is 0 Å². The summed E-state index contributed by atoms with van der Waals surface area (Å²) in [7, 11) is 0. The smallest absolute Gasteiger partial charge is 0.257 e. The molecule has 2 aromatic rings. The van der Waals surface area contributed by atoms with Crippen molar-refractivity contribution in [1.29, 1.82) is 0 Å². The maximum Gasteiger partial charge on any atom is 0.257 e. The number of nitrogens with one attached hydrogen (secondary N) is 2. The van der Waals surface area contributed by atoms with Crippen molar-refractivity contribution >= 4 is 34.8 Å². The van der Waals surface area contributed by atoms with E-state index in [9.17, 15) is 14.7 Å². The van der Waals surface area contributed by atoms with Crippen molar-refractivity contribution in [1.82, 2.24) is 4.98 Å². The van der Waals surface area contributed by atoms with Crippen molar-refractivity contribution in [3.05, 3.63) is 62.0 Å². The van der Waals surface area contributed by atoms with Crippen LogP contribution in [0.15, 0.2) is 35.3 Å². The van der Waals surface area contributed by atoms with Gasteiger partial charge in [-0.15, -0.1) is 0 Å². The van der Waals surface area contributed by atoms with Crippen molar-refractivity contribution in [3.8, 4) is 0 Å². The standard InChI is InChI=1S/C14H12Cl2N2O3/c1-7-2-11(6-17-13(7)20)18-14(21)12(19)8-3-9(15)5-10(16)4-8/h2-6,12,19H,1H3,(H,17,20)(H,18,21)/t12-/m1/s1. The topological polar surface area (TPSA) is 82.2 Å². The number of aromatic amines is 1. The number of hydrogen-bond donors (Lipinski definition) is 3. The summed E-state index contributed by atoms with van der Waals surface area (Å²) in [6.07, 6.45) is -0.0707. The summed E-state index contributed by atoms with van der Waals surface area (Å²) >= 11 is 11.7. The van der Waals surface area contributed by atoms with Gasteiger partial charge < -0.3 is 15.4 Å². The number of rotatable bonds is 3. The van der Waals surface area contributed by atoms with E-state index < -0.39 is 12.0 Å². The van der Waals surface area contributed by atoms with Gasteiger partial charge in [0.25, 0.3) is 11.5 Å². The lowest BCUT2D eigenvalue weighted by molar-refractivity contribution is -0.124. The van der Waals surface area contributed by atoms with Crippen LogP contribution in [0.25, 0.3) is 0 Å². The van der Waals surface area contributed by atoms with Crippen LogP contribution in [-0.2, 0) is 4.79 Å². The first kappa shape index (κ1) is 15.6. The Morgan fingerprint density at radius 1 is 1.24 bits per heavy atom. The molecule has 110 valence electrons. The van der Waals surface area contributed by atoms with E-state index in [1.807, 2.05) is 0 Å². The number of aromatic nitrogens is 1. The molecule has 0 aliphatic carbocycles. The Hall–Kier alpha value is -1.82. The summed E-state index contributed by atoms with van der Waals surface area (Å²) in [4.78, 5) is 25.7. The molecule has 2 rings (SSSR count). The summed E-state index contributed by atoms with van der Waals surface area (Å²) < 4.78 is 0. The maximum absolute atomic E-state index is 12.0. The SMILES string of the molecule is Cc1cc(NC(=O)[C@H](O)c2cc(Cl)cc(Cl)c2)c[nH]c1=O. The number of aliphatic hydroxyl groups is 1. The van der Waals surface area contributed by atoms with Gasteiger partial charge in [0, 0.05) is 21.8 Å². The number of aryl methyl sites for hydroxylation is 1. The lowest BCUT2D eigenvalue weighted by Gasteiger charge is -2.12. The normalized spacial score (nSPS) is 12.0. The average Bonchev–Trinajstić information content (AvgIpc) is 2.41. The van der Waals surface area contributed by atoms with Gasteiger partial charge >= 0.3 is 0 Å². The van der Waals surface area contributed by atoms with E-state index in [0.717, 1.165) is 0 Å². The number of anilines is 1. The third-order valence-corrected chi connectivity index (χ3v) is 3.24. The quantitative estimate of drug-likeness (QED) is 0.810. The molecule has 7 heteroatoms. The molecule has 1 aromatic heterocycles. The van der Waals surface area contributed by atoms with Crippen LogP contribution in [0.2, 0.25) is 10.0 Å². The van der Waals surface area contributed by atoms with Crippen molar-refractivity contribution in [3.63, 3.8) is 0 Å². The number of pyridine rings is 1. The van der Waals surface area contributed by atoms with E-state index >= 15 is 0 Å². The zero-order chi connectivity index (χ0) is 15.6. The molecule has 0 radical (unpaired) electrons. The monoisotopic (exact) mass is 326 g/mol. The molecule has 3 N–H and O–H groups in total. The van der Waals surface area contributed by atoms with Crippen molar-refractivity contribution < 1.29 is 9.90 Å². The van der Waals surface area contributed by atoms with Crippen LogP contribution in [0.4, 0.5) is 5.69 Å². The molecule has 0 fully saturated rings. The Morgan fingerprint density at radius 3 is 2.43 bits per heavy atom. The molecule has 1 aromatic carbocycles. The molecule has 21 heavy (non-hydrogen) atoms. The van der Waals surface area contributed by atoms with Crippen molar-refractivity contribution in [2.75, 3.05) is 5.32 Å². The number of hydrogen-bond acceptors (Lipinski definition) is 3. The summed E-state index contributed by atoms with van der Waals surface area (Å²) in [6.45, 7) is 1.61. The second kappa shape index (κ2) is 6.30. The molecule has 1 amide bonds. The molecular formula is C14H12Cl2N2O3. The number of carbonyl (C=O) groups is 1. The van der Waals surface area contributed by atoms with Gasteiger partial charge in [0.2, 0.25) is 0 Å². The van der Waals surface area contributed by atoms with Gasteiger partial charge in [-0.05, 0) is 36.8 Å². The predicted molar refractivity (Wildman–Crippen MR) is 81.9 cm³/mol. The van der Waals surface area contributed by atoms with Crippen LogP contribution in [0, 0.1) is 6.92 Å². The lowest BCUT2D eigenvalue weighted by atomic mass is 10.1. The van der Waals surface area contributed by atoms with E-state index in [1.54, 1.807) is 6.92 Å². The summed E-state index contributed by atoms with van der Waals surface area (Å²) in [5.41, 5.74) is 0.874.